The molecule has 144 valence electrons. The number of aliphatic hydroxyl groups is 1. The fourth-order valence-electron chi connectivity index (χ4n) is 2.83. The van der Waals surface area contributed by atoms with E-state index in [1.54, 1.807) is 42.5 Å². The standard InChI is InChI=1S/C25H20O4/c26-18-22(20-7-9-23(27)10-8-20)14-17-25(29)15-12-19(13-16-25)6-11-24(28)21-4-2-1-3-5-21/h1-15,17,27,29H,16H2. The van der Waals surface area contributed by atoms with E-state index in [9.17, 15) is 19.8 Å². The number of ketones is 1. The summed E-state index contributed by atoms with van der Waals surface area (Å²) in [4.78, 5) is 23.4. The third-order valence-electron chi connectivity index (χ3n) is 4.54. The molecular weight excluding hydrogens is 364 g/mol. The SMILES string of the molecule is O=C=C(C=CC1(O)C=CC(C=CC(=O)c2ccccc2)=CC1)c1ccc(O)cc1. The predicted molar refractivity (Wildman–Crippen MR) is 113 cm³/mol. The minimum atomic E-state index is -1.24. The van der Waals surface area contributed by atoms with Crippen LogP contribution in [0.1, 0.15) is 22.3 Å². The second-order valence-electron chi connectivity index (χ2n) is 6.69. The van der Waals surface area contributed by atoms with Gasteiger partial charge in [0.2, 0.25) is 0 Å². The monoisotopic (exact) mass is 384 g/mol. The van der Waals surface area contributed by atoms with E-state index in [0.29, 0.717) is 17.5 Å². The fourth-order valence-corrected chi connectivity index (χ4v) is 2.83. The average Bonchev–Trinajstić information content (AvgIpc) is 2.75. The van der Waals surface area contributed by atoms with Crippen molar-refractivity contribution in [1.82, 2.24) is 0 Å². The van der Waals surface area contributed by atoms with Crippen LogP contribution in [0.2, 0.25) is 0 Å². The number of benzene rings is 2. The summed E-state index contributed by atoms with van der Waals surface area (Å²) in [5.41, 5.74) is 1.06. The predicted octanol–water partition coefficient (Wildman–Crippen LogP) is 4.22. The molecule has 4 heteroatoms. The molecule has 0 saturated carbocycles. The van der Waals surface area contributed by atoms with Crippen LogP contribution < -0.4 is 0 Å². The van der Waals surface area contributed by atoms with Crippen molar-refractivity contribution in [3.63, 3.8) is 0 Å². The molecule has 0 saturated heterocycles. The van der Waals surface area contributed by atoms with Crippen LogP contribution in [0.25, 0.3) is 5.57 Å². The van der Waals surface area contributed by atoms with Crippen LogP contribution in [-0.2, 0) is 4.79 Å². The highest BCUT2D eigenvalue weighted by Gasteiger charge is 2.21. The van der Waals surface area contributed by atoms with Gasteiger partial charge >= 0.3 is 0 Å². The highest BCUT2D eigenvalue weighted by atomic mass is 16.3. The number of allylic oxidation sites excluding steroid dienone is 6. The minimum absolute atomic E-state index is 0.0877. The van der Waals surface area contributed by atoms with Gasteiger partial charge in [-0.3, -0.25) is 4.79 Å². The van der Waals surface area contributed by atoms with E-state index in [2.05, 4.69) is 0 Å². The Labute approximate surface area is 169 Å². The number of aromatic hydroxyl groups is 1. The Morgan fingerprint density at radius 1 is 1.00 bits per heavy atom. The summed E-state index contributed by atoms with van der Waals surface area (Å²) < 4.78 is 0. The molecule has 1 atom stereocenters. The molecular formula is C25H20O4. The first-order chi connectivity index (χ1) is 14.0. The average molecular weight is 384 g/mol. The fraction of sp³-hybridized carbons (Fsp3) is 0.0800. The molecule has 0 aliphatic heterocycles. The van der Waals surface area contributed by atoms with Crippen LogP contribution >= 0.6 is 0 Å². The largest absolute Gasteiger partial charge is 0.508 e. The minimum Gasteiger partial charge on any atom is -0.508 e. The summed E-state index contributed by atoms with van der Waals surface area (Å²) in [6.07, 6.45) is 11.7. The summed E-state index contributed by atoms with van der Waals surface area (Å²) in [6.45, 7) is 0. The van der Waals surface area contributed by atoms with Gasteiger partial charge in [-0.2, -0.15) is 0 Å². The zero-order valence-electron chi connectivity index (χ0n) is 15.7. The van der Waals surface area contributed by atoms with Crippen LogP contribution in [0.15, 0.2) is 103 Å². The Kier molecular flexibility index (Phi) is 6.20. The number of hydrogen-bond donors (Lipinski definition) is 2. The van der Waals surface area contributed by atoms with Crippen molar-refractivity contribution in [3.05, 3.63) is 114 Å². The highest BCUT2D eigenvalue weighted by Crippen LogP contribution is 2.25. The number of carbonyl (C=O) groups is 1. The smallest absolute Gasteiger partial charge is 0.185 e. The van der Waals surface area contributed by atoms with E-state index in [-0.39, 0.29) is 17.1 Å². The topological polar surface area (TPSA) is 74.6 Å². The van der Waals surface area contributed by atoms with Gasteiger partial charge in [-0.25, -0.2) is 4.79 Å². The Bertz CT molecular complexity index is 1050. The summed E-state index contributed by atoms with van der Waals surface area (Å²) in [5, 5.41) is 20.0. The Balaban J connectivity index is 1.65. The number of rotatable bonds is 6. The molecule has 0 aromatic heterocycles. The second kappa shape index (κ2) is 8.98. The molecule has 1 aliphatic rings. The lowest BCUT2D eigenvalue weighted by Gasteiger charge is -2.22. The maximum atomic E-state index is 12.1. The quantitative estimate of drug-likeness (QED) is 0.338. The Hall–Kier alpha value is -3.72. The van der Waals surface area contributed by atoms with Crippen molar-refractivity contribution in [3.8, 4) is 5.75 Å². The van der Waals surface area contributed by atoms with Gasteiger partial charge in [0.25, 0.3) is 0 Å². The molecule has 2 N–H and O–H groups in total. The highest BCUT2D eigenvalue weighted by molar-refractivity contribution is 6.04. The van der Waals surface area contributed by atoms with Gasteiger partial charge in [0.15, 0.2) is 5.78 Å². The molecule has 29 heavy (non-hydrogen) atoms. The Morgan fingerprint density at radius 2 is 1.72 bits per heavy atom. The zero-order valence-corrected chi connectivity index (χ0v) is 15.7. The van der Waals surface area contributed by atoms with Crippen molar-refractivity contribution >= 4 is 17.3 Å². The lowest BCUT2D eigenvalue weighted by atomic mass is 9.90. The molecule has 3 rings (SSSR count). The van der Waals surface area contributed by atoms with Crippen LogP contribution in [0.4, 0.5) is 0 Å². The van der Waals surface area contributed by atoms with Crippen molar-refractivity contribution in [2.24, 2.45) is 0 Å². The normalized spacial score (nSPS) is 18.6. The maximum absolute atomic E-state index is 12.1. The molecule has 1 unspecified atom stereocenters. The maximum Gasteiger partial charge on any atom is 0.185 e. The van der Waals surface area contributed by atoms with Crippen LogP contribution in [0, 0.1) is 0 Å². The number of phenols is 1. The molecule has 2 aromatic rings. The van der Waals surface area contributed by atoms with Gasteiger partial charge in [0, 0.05) is 12.0 Å². The number of phenolic OH excluding ortho intramolecular Hbond substituents is 1. The van der Waals surface area contributed by atoms with Crippen LogP contribution in [0.3, 0.4) is 0 Å². The van der Waals surface area contributed by atoms with Crippen LogP contribution in [-0.4, -0.2) is 27.5 Å². The number of carbonyl (C=O) groups excluding carboxylic acids is 2. The van der Waals surface area contributed by atoms with Gasteiger partial charge in [-0.15, -0.1) is 0 Å². The van der Waals surface area contributed by atoms with Crippen LogP contribution in [0.5, 0.6) is 5.75 Å². The van der Waals surface area contributed by atoms with E-state index >= 15 is 0 Å². The second-order valence-corrected chi connectivity index (χ2v) is 6.69. The van der Waals surface area contributed by atoms with Crippen molar-refractivity contribution in [2.75, 3.05) is 0 Å². The van der Waals surface area contributed by atoms with E-state index in [1.165, 1.54) is 30.4 Å². The first-order valence-corrected chi connectivity index (χ1v) is 9.12. The van der Waals surface area contributed by atoms with Gasteiger partial charge in [0.1, 0.15) is 17.3 Å². The third-order valence-corrected chi connectivity index (χ3v) is 4.54. The lowest BCUT2D eigenvalue weighted by Crippen LogP contribution is -2.23. The summed E-state index contributed by atoms with van der Waals surface area (Å²) in [6, 6.07) is 15.2. The molecule has 0 radical (unpaired) electrons. The van der Waals surface area contributed by atoms with Gasteiger partial charge in [0.05, 0.1) is 5.57 Å². The lowest BCUT2D eigenvalue weighted by molar-refractivity contribution is 0.104. The van der Waals surface area contributed by atoms with Crippen molar-refractivity contribution in [1.29, 1.82) is 0 Å². The molecule has 2 aromatic carbocycles. The third kappa shape index (κ3) is 5.39. The Morgan fingerprint density at radius 3 is 2.34 bits per heavy atom. The van der Waals surface area contributed by atoms with Crippen molar-refractivity contribution in [2.45, 2.75) is 12.0 Å². The van der Waals surface area contributed by atoms with Crippen molar-refractivity contribution < 1.29 is 19.8 Å². The molecule has 0 spiro atoms. The first kappa shape index (κ1) is 20.0. The van der Waals surface area contributed by atoms with Gasteiger partial charge in [-0.1, -0.05) is 48.6 Å². The molecule has 1 aliphatic carbocycles. The molecule has 0 heterocycles. The van der Waals surface area contributed by atoms with Gasteiger partial charge < -0.3 is 10.2 Å². The molecule has 0 amide bonds. The molecule has 4 nitrogen and oxygen atoms in total. The van der Waals surface area contributed by atoms with E-state index < -0.39 is 5.60 Å². The summed E-state index contributed by atoms with van der Waals surface area (Å²) >= 11 is 0. The summed E-state index contributed by atoms with van der Waals surface area (Å²) in [5.74, 6) is 1.87. The zero-order chi connectivity index (χ0) is 20.7. The van der Waals surface area contributed by atoms with E-state index in [4.69, 9.17) is 0 Å². The molecule has 0 fully saturated rings. The van der Waals surface area contributed by atoms with E-state index in [1.807, 2.05) is 30.2 Å². The van der Waals surface area contributed by atoms with Gasteiger partial charge in [-0.05, 0) is 59.7 Å². The first-order valence-electron chi connectivity index (χ1n) is 9.12. The number of hydrogen-bond acceptors (Lipinski definition) is 4. The summed E-state index contributed by atoms with van der Waals surface area (Å²) in [7, 11) is 0. The van der Waals surface area contributed by atoms with E-state index in [0.717, 1.165) is 5.57 Å². The molecule has 0 bridgehead atoms.